The summed E-state index contributed by atoms with van der Waals surface area (Å²) in [5, 5.41) is 19.4. The van der Waals surface area contributed by atoms with Gasteiger partial charge < -0.3 is 15.7 Å². The first-order valence-electron chi connectivity index (χ1n) is 11.0. The maximum Gasteiger partial charge on any atom is 0.226 e. The van der Waals surface area contributed by atoms with Crippen LogP contribution in [-0.2, 0) is 6.54 Å². The van der Waals surface area contributed by atoms with E-state index in [0.717, 1.165) is 43.9 Å². The van der Waals surface area contributed by atoms with Gasteiger partial charge in [-0.15, -0.1) is 5.10 Å². The number of aliphatic hydroxyl groups is 1. The van der Waals surface area contributed by atoms with Crippen molar-refractivity contribution < 1.29 is 5.11 Å². The smallest absolute Gasteiger partial charge is 0.226 e. The van der Waals surface area contributed by atoms with Crippen LogP contribution in [0.3, 0.4) is 0 Å². The van der Waals surface area contributed by atoms with Crippen LogP contribution in [0.15, 0.2) is 24.4 Å². The molecule has 0 spiro atoms. The van der Waals surface area contributed by atoms with Gasteiger partial charge in [-0.1, -0.05) is 12.0 Å². The van der Waals surface area contributed by atoms with Crippen LogP contribution in [0.2, 0.25) is 0 Å². The van der Waals surface area contributed by atoms with E-state index in [-0.39, 0.29) is 5.95 Å². The van der Waals surface area contributed by atoms with Gasteiger partial charge in [-0.2, -0.15) is 19.6 Å². The SMILES string of the molecule is CC#Cc1nc2c3cnn(CCN4CCN(c5cccc(C(C)O)n5)CC4)c3nc(N)n2n1. The molecule has 170 valence electrons. The van der Waals surface area contributed by atoms with E-state index in [1.54, 1.807) is 20.0 Å². The summed E-state index contributed by atoms with van der Waals surface area (Å²) in [5.41, 5.74) is 8.13. The fourth-order valence-electron chi connectivity index (χ4n) is 4.07. The molecule has 1 aliphatic heterocycles. The van der Waals surface area contributed by atoms with Gasteiger partial charge in [-0.3, -0.25) is 4.90 Å². The lowest BCUT2D eigenvalue weighted by Crippen LogP contribution is -2.47. The van der Waals surface area contributed by atoms with Crippen LogP contribution in [0.1, 0.15) is 31.5 Å². The fourth-order valence-corrected chi connectivity index (χ4v) is 4.07. The van der Waals surface area contributed by atoms with Crippen molar-refractivity contribution in [2.24, 2.45) is 0 Å². The second-order valence-electron chi connectivity index (χ2n) is 8.05. The van der Waals surface area contributed by atoms with E-state index >= 15 is 0 Å². The number of nitrogens with zero attached hydrogens (tertiary/aromatic N) is 9. The highest BCUT2D eigenvalue weighted by Crippen LogP contribution is 2.20. The van der Waals surface area contributed by atoms with Crippen molar-refractivity contribution in [1.82, 2.24) is 39.2 Å². The Morgan fingerprint density at radius 1 is 1.09 bits per heavy atom. The molecule has 1 atom stereocenters. The van der Waals surface area contributed by atoms with Crippen molar-refractivity contribution in [2.45, 2.75) is 26.5 Å². The molecule has 0 bridgehead atoms. The monoisotopic (exact) mass is 446 g/mol. The highest BCUT2D eigenvalue weighted by Gasteiger charge is 2.20. The summed E-state index contributed by atoms with van der Waals surface area (Å²) in [7, 11) is 0. The van der Waals surface area contributed by atoms with Crippen molar-refractivity contribution >= 4 is 28.4 Å². The molecule has 5 rings (SSSR count). The molecular weight excluding hydrogens is 420 g/mol. The average Bonchev–Trinajstić information content (AvgIpc) is 3.43. The third-order valence-electron chi connectivity index (χ3n) is 5.84. The van der Waals surface area contributed by atoms with E-state index in [2.05, 4.69) is 46.8 Å². The zero-order valence-corrected chi connectivity index (χ0v) is 18.7. The Morgan fingerprint density at radius 2 is 1.91 bits per heavy atom. The number of hydrogen-bond acceptors (Lipinski definition) is 9. The van der Waals surface area contributed by atoms with Crippen molar-refractivity contribution in [3.05, 3.63) is 35.9 Å². The van der Waals surface area contributed by atoms with Crippen LogP contribution >= 0.6 is 0 Å². The summed E-state index contributed by atoms with van der Waals surface area (Å²) in [4.78, 5) is 18.2. The molecule has 33 heavy (non-hydrogen) atoms. The van der Waals surface area contributed by atoms with Gasteiger partial charge in [0.1, 0.15) is 5.82 Å². The van der Waals surface area contributed by atoms with Gasteiger partial charge in [0.05, 0.1) is 29.9 Å². The number of pyridine rings is 1. The number of hydrogen-bond donors (Lipinski definition) is 2. The molecule has 3 N–H and O–H groups in total. The zero-order valence-electron chi connectivity index (χ0n) is 18.7. The first-order chi connectivity index (χ1) is 16.0. The quantitative estimate of drug-likeness (QED) is 0.426. The minimum atomic E-state index is -0.567. The fraction of sp³-hybridized carbons (Fsp3) is 0.409. The molecule has 11 heteroatoms. The minimum Gasteiger partial charge on any atom is -0.387 e. The second kappa shape index (κ2) is 8.65. The first-order valence-corrected chi connectivity index (χ1v) is 11.0. The van der Waals surface area contributed by atoms with Gasteiger partial charge in [-0.05, 0) is 31.9 Å². The Hall–Kier alpha value is -3.75. The average molecular weight is 447 g/mol. The summed E-state index contributed by atoms with van der Waals surface area (Å²) >= 11 is 0. The van der Waals surface area contributed by atoms with Gasteiger partial charge >= 0.3 is 0 Å². The van der Waals surface area contributed by atoms with E-state index < -0.39 is 6.10 Å². The van der Waals surface area contributed by atoms with Crippen LogP contribution < -0.4 is 10.6 Å². The van der Waals surface area contributed by atoms with Crippen LogP contribution in [0, 0.1) is 11.8 Å². The number of aromatic nitrogens is 7. The Morgan fingerprint density at radius 3 is 2.67 bits per heavy atom. The second-order valence-corrected chi connectivity index (χ2v) is 8.05. The predicted molar refractivity (Wildman–Crippen MR) is 125 cm³/mol. The van der Waals surface area contributed by atoms with Gasteiger partial charge in [-0.25, -0.2) is 9.67 Å². The number of piperazine rings is 1. The molecule has 0 radical (unpaired) electrons. The topological polar surface area (TPSA) is 127 Å². The summed E-state index contributed by atoms with van der Waals surface area (Å²) < 4.78 is 3.37. The van der Waals surface area contributed by atoms with E-state index in [9.17, 15) is 5.11 Å². The maximum absolute atomic E-state index is 9.80. The lowest BCUT2D eigenvalue weighted by Gasteiger charge is -2.35. The third-order valence-corrected chi connectivity index (χ3v) is 5.84. The molecule has 0 saturated carbocycles. The van der Waals surface area contributed by atoms with Crippen LogP contribution in [0.25, 0.3) is 16.7 Å². The Labute approximate surface area is 190 Å². The number of anilines is 2. The highest BCUT2D eigenvalue weighted by atomic mass is 16.3. The molecule has 4 aromatic heterocycles. The largest absolute Gasteiger partial charge is 0.387 e. The number of fused-ring (bicyclic) bond motifs is 3. The zero-order chi connectivity index (χ0) is 22.9. The summed E-state index contributed by atoms with van der Waals surface area (Å²) in [6, 6.07) is 5.80. The molecule has 1 aliphatic rings. The summed E-state index contributed by atoms with van der Waals surface area (Å²) in [6.45, 7) is 8.61. The lowest BCUT2D eigenvalue weighted by atomic mass is 10.2. The number of nitrogens with two attached hydrogens (primary N) is 1. The van der Waals surface area contributed by atoms with Gasteiger partial charge in [0.25, 0.3) is 0 Å². The van der Waals surface area contributed by atoms with Crippen LogP contribution in [-0.4, -0.2) is 77.1 Å². The van der Waals surface area contributed by atoms with E-state index in [1.165, 1.54) is 4.52 Å². The standard InChI is InChI=1S/C22H26N10O/c1-3-5-18-26-21-16-14-24-31(20(16)27-22(23)32(21)28-18)13-10-29-8-11-30(12-9-29)19-7-4-6-17(25-19)15(2)33/h4,6-7,14-15,33H,8-13H2,1-2H3,(H2,23,27). The van der Waals surface area contributed by atoms with Crippen LogP contribution in [0.4, 0.5) is 11.8 Å². The number of rotatable bonds is 5. The number of nitrogen functional groups attached to an aromatic ring is 1. The molecule has 0 aliphatic carbocycles. The molecule has 1 saturated heterocycles. The number of aliphatic hydroxyl groups excluding tert-OH is 1. The van der Waals surface area contributed by atoms with Gasteiger partial charge in [0, 0.05) is 32.7 Å². The molecule has 0 amide bonds. The Bertz CT molecular complexity index is 1350. The predicted octanol–water partition coefficient (Wildman–Crippen LogP) is 0.698. The third kappa shape index (κ3) is 4.06. The Balaban J connectivity index is 1.26. The van der Waals surface area contributed by atoms with Gasteiger partial charge in [0.15, 0.2) is 11.3 Å². The van der Waals surface area contributed by atoms with Crippen molar-refractivity contribution in [2.75, 3.05) is 43.4 Å². The molecule has 0 aromatic carbocycles. The van der Waals surface area contributed by atoms with Crippen LogP contribution in [0.5, 0.6) is 0 Å². The van der Waals surface area contributed by atoms with Crippen molar-refractivity contribution in [1.29, 1.82) is 0 Å². The molecule has 11 nitrogen and oxygen atoms in total. The van der Waals surface area contributed by atoms with Crippen molar-refractivity contribution in [3.63, 3.8) is 0 Å². The van der Waals surface area contributed by atoms with E-state index in [4.69, 9.17) is 5.73 Å². The summed E-state index contributed by atoms with van der Waals surface area (Å²) in [5.74, 6) is 7.24. The van der Waals surface area contributed by atoms with Crippen molar-refractivity contribution in [3.8, 4) is 11.8 Å². The molecule has 1 unspecified atom stereocenters. The maximum atomic E-state index is 9.80. The highest BCUT2D eigenvalue weighted by molar-refractivity contribution is 5.89. The molecular formula is C22H26N10O. The summed E-state index contributed by atoms with van der Waals surface area (Å²) in [6.07, 6.45) is 1.19. The lowest BCUT2D eigenvalue weighted by molar-refractivity contribution is 0.194. The Kier molecular flexibility index (Phi) is 5.53. The molecule has 4 aromatic rings. The normalized spacial score (nSPS) is 15.7. The van der Waals surface area contributed by atoms with E-state index in [0.29, 0.717) is 29.4 Å². The molecule has 5 heterocycles. The first kappa shape index (κ1) is 21.1. The van der Waals surface area contributed by atoms with Gasteiger partial charge in [0.2, 0.25) is 11.8 Å². The minimum absolute atomic E-state index is 0.261. The molecule has 1 fully saturated rings. The van der Waals surface area contributed by atoms with E-state index in [1.807, 2.05) is 22.9 Å².